The number of carbonyl (C=O) groups excluding carboxylic acids is 1. The molecule has 3 N–H and O–H groups in total. The molecule has 1 amide bonds. The zero-order valence-corrected chi connectivity index (χ0v) is 16.4. The van der Waals surface area contributed by atoms with Crippen molar-refractivity contribution in [1.82, 2.24) is 16.0 Å². The van der Waals surface area contributed by atoms with Crippen LogP contribution in [0.5, 0.6) is 0 Å². The lowest BCUT2D eigenvalue weighted by atomic mass is 10.1. The highest BCUT2D eigenvalue weighted by molar-refractivity contribution is 7.12. The van der Waals surface area contributed by atoms with Gasteiger partial charge in [-0.15, -0.1) is 22.7 Å². The van der Waals surface area contributed by atoms with Crippen molar-refractivity contribution in [2.24, 2.45) is 10.9 Å². The third kappa shape index (κ3) is 7.27. The van der Waals surface area contributed by atoms with Crippen LogP contribution in [0.15, 0.2) is 40.0 Å². The molecule has 2 heterocycles. The van der Waals surface area contributed by atoms with E-state index in [0.29, 0.717) is 12.5 Å². The van der Waals surface area contributed by atoms with Crippen molar-refractivity contribution < 1.29 is 4.79 Å². The first kappa shape index (κ1) is 19.5. The van der Waals surface area contributed by atoms with Gasteiger partial charge in [0.25, 0.3) is 5.91 Å². The van der Waals surface area contributed by atoms with Gasteiger partial charge >= 0.3 is 0 Å². The summed E-state index contributed by atoms with van der Waals surface area (Å²) in [4.78, 5) is 18.2. The fourth-order valence-corrected chi connectivity index (χ4v) is 3.84. The minimum atomic E-state index is -0.0000843. The molecule has 1 atom stereocenters. The molecule has 0 bridgehead atoms. The molecule has 2 rings (SSSR count). The minimum Gasteiger partial charge on any atom is -0.356 e. The van der Waals surface area contributed by atoms with E-state index >= 15 is 0 Å². The summed E-state index contributed by atoms with van der Waals surface area (Å²) in [5, 5.41) is 13.6. The molecule has 0 radical (unpaired) electrons. The number of nitrogens with zero attached hydrogens (tertiary/aromatic N) is 1. The van der Waals surface area contributed by atoms with Gasteiger partial charge in [0.1, 0.15) is 0 Å². The maximum Gasteiger partial charge on any atom is 0.261 e. The summed E-state index contributed by atoms with van der Waals surface area (Å²) in [5.74, 6) is 1.35. The fraction of sp³-hybridized carbons (Fsp3) is 0.444. The van der Waals surface area contributed by atoms with Crippen LogP contribution in [0.25, 0.3) is 0 Å². The molecule has 0 saturated carbocycles. The van der Waals surface area contributed by atoms with Gasteiger partial charge in [-0.2, -0.15) is 0 Å². The maximum absolute atomic E-state index is 11.8. The van der Waals surface area contributed by atoms with Gasteiger partial charge < -0.3 is 16.0 Å². The Morgan fingerprint density at radius 3 is 2.56 bits per heavy atom. The van der Waals surface area contributed by atoms with Crippen LogP contribution in [0.1, 0.15) is 27.9 Å². The summed E-state index contributed by atoms with van der Waals surface area (Å²) < 4.78 is 0. The van der Waals surface area contributed by atoms with E-state index in [4.69, 9.17) is 0 Å². The first-order valence-corrected chi connectivity index (χ1v) is 10.2. The third-order valence-corrected chi connectivity index (χ3v) is 5.42. The Balaban J connectivity index is 1.56. The monoisotopic (exact) mass is 378 g/mol. The van der Waals surface area contributed by atoms with Crippen molar-refractivity contribution in [3.8, 4) is 0 Å². The molecular weight excluding hydrogens is 352 g/mol. The number of hydrogen-bond acceptors (Lipinski definition) is 4. The van der Waals surface area contributed by atoms with E-state index in [9.17, 15) is 4.79 Å². The Hall–Kier alpha value is -1.86. The van der Waals surface area contributed by atoms with Gasteiger partial charge in [-0.05, 0) is 41.7 Å². The minimum absolute atomic E-state index is 0.0000843. The van der Waals surface area contributed by atoms with Crippen molar-refractivity contribution in [1.29, 1.82) is 0 Å². The summed E-state index contributed by atoms with van der Waals surface area (Å²) in [6, 6.07) is 7.99. The zero-order valence-electron chi connectivity index (χ0n) is 14.7. The Kier molecular flexibility index (Phi) is 8.48. The quantitative estimate of drug-likeness (QED) is 0.357. The highest BCUT2D eigenvalue weighted by Crippen LogP contribution is 2.13. The Morgan fingerprint density at radius 1 is 1.12 bits per heavy atom. The van der Waals surface area contributed by atoms with Crippen molar-refractivity contribution in [2.45, 2.75) is 19.8 Å². The zero-order chi connectivity index (χ0) is 17.9. The van der Waals surface area contributed by atoms with Crippen molar-refractivity contribution in [3.05, 3.63) is 44.8 Å². The van der Waals surface area contributed by atoms with Crippen LogP contribution in [-0.4, -0.2) is 38.5 Å². The van der Waals surface area contributed by atoms with Gasteiger partial charge in [-0.1, -0.05) is 19.1 Å². The molecule has 1 unspecified atom stereocenters. The second kappa shape index (κ2) is 10.9. The predicted molar refractivity (Wildman–Crippen MR) is 108 cm³/mol. The highest BCUT2D eigenvalue weighted by Gasteiger charge is 2.07. The predicted octanol–water partition coefficient (Wildman–Crippen LogP) is 2.97. The Morgan fingerprint density at radius 2 is 1.88 bits per heavy atom. The smallest absolute Gasteiger partial charge is 0.261 e. The van der Waals surface area contributed by atoms with Gasteiger partial charge in [0, 0.05) is 31.6 Å². The molecule has 25 heavy (non-hydrogen) atoms. The fourth-order valence-electron chi connectivity index (χ4n) is 2.33. The number of guanidine groups is 1. The Bertz CT molecular complexity index is 638. The standard InChI is InChI=1S/C18H26N4OS2/c1-14(12-15-6-3-10-24-15)13-22-18(19-2)21-9-5-8-20-17(23)16-7-4-11-25-16/h3-4,6-7,10-11,14H,5,8-9,12-13H2,1-2H3,(H,20,23)(H2,19,21,22). The lowest BCUT2D eigenvalue weighted by Gasteiger charge is -2.15. The number of nitrogens with one attached hydrogen (secondary N) is 3. The second-order valence-electron chi connectivity index (χ2n) is 5.86. The molecule has 0 aliphatic rings. The molecule has 2 aromatic heterocycles. The van der Waals surface area contributed by atoms with Gasteiger partial charge in [-0.25, -0.2) is 0 Å². The summed E-state index contributed by atoms with van der Waals surface area (Å²) in [6.45, 7) is 4.53. The van der Waals surface area contributed by atoms with Gasteiger partial charge in [-0.3, -0.25) is 9.79 Å². The largest absolute Gasteiger partial charge is 0.356 e. The summed E-state index contributed by atoms with van der Waals surface area (Å²) in [6.07, 6.45) is 1.93. The topological polar surface area (TPSA) is 65.5 Å². The molecule has 0 aromatic carbocycles. The molecule has 0 aliphatic carbocycles. The van der Waals surface area contributed by atoms with Gasteiger partial charge in [0.15, 0.2) is 5.96 Å². The number of rotatable bonds is 9. The molecule has 136 valence electrons. The van der Waals surface area contributed by atoms with Crippen LogP contribution >= 0.6 is 22.7 Å². The summed E-state index contributed by atoms with van der Waals surface area (Å²) in [7, 11) is 1.78. The molecule has 5 nitrogen and oxygen atoms in total. The van der Waals surface area contributed by atoms with Gasteiger partial charge in [0.2, 0.25) is 0 Å². The molecule has 0 spiro atoms. The van der Waals surface area contributed by atoms with E-state index in [1.165, 1.54) is 16.2 Å². The number of hydrogen-bond donors (Lipinski definition) is 3. The molecule has 0 fully saturated rings. The van der Waals surface area contributed by atoms with Crippen LogP contribution in [0.2, 0.25) is 0 Å². The van der Waals surface area contributed by atoms with Crippen molar-refractivity contribution >= 4 is 34.5 Å². The van der Waals surface area contributed by atoms with Crippen molar-refractivity contribution in [3.63, 3.8) is 0 Å². The van der Waals surface area contributed by atoms with Crippen molar-refractivity contribution in [2.75, 3.05) is 26.7 Å². The van der Waals surface area contributed by atoms with E-state index in [2.05, 4.69) is 45.4 Å². The molecule has 0 saturated heterocycles. The normalized spacial score (nSPS) is 12.6. The molecule has 0 aliphatic heterocycles. The lowest BCUT2D eigenvalue weighted by Crippen LogP contribution is -2.40. The highest BCUT2D eigenvalue weighted by atomic mass is 32.1. The number of aliphatic imine (C=N–C) groups is 1. The van der Waals surface area contributed by atoms with E-state index in [0.717, 1.165) is 36.8 Å². The first-order valence-electron chi connectivity index (χ1n) is 8.47. The molecule has 2 aromatic rings. The second-order valence-corrected chi connectivity index (χ2v) is 7.84. The van der Waals surface area contributed by atoms with E-state index in [-0.39, 0.29) is 5.91 Å². The SMILES string of the molecule is CN=C(NCCCNC(=O)c1cccs1)NCC(C)Cc1cccs1. The summed E-state index contributed by atoms with van der Waals surface area (Å²) >= 11 is 3.26. The number of carbonyl (C=O) groups is 1. The van der Waals surface area contributed by atoms with Crippen LogP contribution < -0.4 is 16.0 Å². The van der Waals surface area contributed by atoms with Crippen LogP contribution in [0, 0.1) is 5.92 Å². The number of thiophene rings is 2. The summed E-state index contributed by atoms with van der Waals surface area (Å²) in [5.41, 5.74) is 0. The van der Waals surface area contributed by atoms with E-state index < -0.39 is 0 Å². The van der Waals surface area contributed by atoms with Gasteiger partial charge in [0.05, 0.1) is 4.88 Å². The third-order valence-electron chi connectivity index (χ3n) is 3.65. The molecule has 7 heteroatoms. The number of amides is 1. The lowest BCUT2D eigenvalue weighted by molar-refractivity contribution is 0.0957. The van der Waals surface area contributed by atoms with E-state index in [1.807, 2.05) is 17.5 Å². The van der Waals surface area contributed by atoms with E-state index in [1.54, 1.807) is 18.4 Å². The Labute approximate surface area is 157 Å². The average Bonchev–Trinajstić information content (AvgIpc) is 3.30. The average molecular weight is 379 g/mol. The van der Waals surface area contributed by atoms with Crippen LogP contribution in [-0.2, 0) is 6.42 Å². The maximum atomic E-state index is 11.8. The van der Waals surface area contributed by atoms with Crippen LogP contribution in [0.4, 0.5) is 0 Å². The van der Waals surface area contributed by atoms with Crippen LogP contribution in [0.3, 0.4) is 0 Å². The molecular formula is C18H26N4OS2. The first-order chi connectivity index (χ1) is 12.2.